The second-order valence-corrected chi connectivity index (χ2v) is 11.5. The molecule has 2 fully saturated rings. The number of hydrogen-bond acceptors (Lipinski definition) is 2. The van der Waals surface area contributed by atoms with Crippen LogP contribution >= 0.6 is 0 Å². The third-order valence-corrected chi connectivity index (χ3v) is 10.2. The average Bonchev–Trinajstić information content (AvgIpc) is 3.57. The van der Waals surface area contributed by atoms with Gasteiger partial charge in [0.1, 0.15) is 6.33 Å². The molecule has 2 aromatic rings. The van der Waals surface area contributed by atoms with Gasteiger partial charge in [-0.2, -0.15) is 0 Å². The molecular weight excluding hydrogens is 416 g/mol. The second-order valence-electron chi connectivity index (χ2n) is 11.5. The van der Waals surface area contributed by atoms with E-state index >= 15 is 0 Å². The summed E-state index contributed by atoms with van der Waals surface area (Å²) in [6.45, 7) is 11.2. The molecule has 2 saturated carbocycles. The molecule has 0 amide bonds. The lowest BCUT2D eigenvalue weighted by Gasteiger charge is -2.58. The molecule has 6 atom stereocenters. The van der Waals surface area contributed by atoms with E-state index in [-0.39, 0.29) is 5.41 Å². The summed E-state index contributed by atoms with van der Waals surface area (Å²) in [6.07, 6.45) is 28.2. The zero-order valence-electron chi connectivity index (χ0n) is 21.0. The Morgan fingerprint density at radius 2 is 1.91 bits per heavy atom. The van der Waals surface area contributed by atoms with Crippen molar-refractivity contribution in [3.05, 3.63) is 66.1 Å². The molecule has 0 spiro atoms. The monoisotopic (exact) mass is 454 g/mol. The van der Waals surface area contributed by atoms with Gasteiger partial charge in [-0.3, -0.25) is 0 Å². The first kappa shape index (κ1) is 21.9. The highest BCUT2D eigenvalue weighted by Gasteiger charge is 2.57. The molecule has 2 aromatic heterocycles. The van der Waals surface area contributed by atoms with E-state index in [0.717, 1.165) is 23.1 Å². The number of hydrogen-bond donors (Lipinski definition) is 0. The fourth-order valence-electron chi connectivity index (χ4n) is 8.36. The molecule has 0 saturated heterocycles. The van der Waals surface area contributed by atoms with Gasteiger partial charge in [-0.15, -0.1) is 0 Å². The fourth-order valence-corrected chi connectivity index (χ4v) is 8.36. The number of allylic oxidation sites excluding steroid dienone is 5. The molecule has 0 bridgehead atoms. The summed E-state index contributed by atoms with van der Waals surface area (Å²) in [6, 6.07) is 0.581. The summed E-state index contributed by atoms with van der Waals surface area (Å²) in [5.41, 5.74) is 3.78. The van der Waals surface area contributed by atoms with Gasteiger partial charge in [-0.1, -0.05) is 50.3 Å². The second kappa shape index (κ2) is 7.96. The van der Waals surface area contributed by atoms with Crippen LogP contribution < -0.4 is 10.7 Å². The fraction of sp³-hybridized carbons (Fsp3) is 0.533. The molecule has 34 heavy (non-hydrogen) atoms. The number of nitrogens with zero attached hydrogens (tertiary/aromatic N) is 4. The van der Waals surface area contributed by atoms with Gasteiger partial charge in [0, 0.05) is 29.5 Å². The average molecular weight is 455 g/mol. The lowest BCUT2D eigenvalue weighted by atomic mass is 9.47. The van der Waals surface area contributed by atoms with E-state index in [9.17, 15) is 0 Å². The molecule has 178 valence electrons. The lowest BCUT2D eigenvalue weighted by molar-refractivity contribution is -0.0153. The maximum atomic E-state index is 4.71. The number of fused-ring (bicyclic) bond motifs is 5. The normalized spacial score (nSPS) is 38.1. The highest BCUT2D eigenvalue weighted by Crippen LogP contribution is 2.66. The molecule has 4 aliphatic carbocycles. The quantitative estimate of drug-likeness (QED) is 0.574. The van der Waals surface area contributed by atoms with Crippen molar-refractivity contribution in [1.29, 1.82) is 0 Å². The van der Waals surface area contributed by atoms with Gasteiger partial charge >= 0.3 is 0 Å². The van der Waals surface area contributed by atoms with Crippen molar-refractivity contribution in [2.45, 2.75) is 71.8 Å². The minimum absolute atomic E-state index is 0.215. The number of rotatable bonds is 3. The maximum Gasteiger partial charge on any atom is 0.100 e. The van der Waals surface area contributed by atoms with Gasteiger partial charge in [-0.25, -0.2) is 9.97 Å². The predicted octanol–water partition coefficient (Wildman–Crippen LogP) is 5.50. The summed E-state index contributed by atoms with van der Waals surface area (Å²) in [4.78, 5) is 9.02. The first-order valence-electron chi connectivity index (χ1n) is 13.2. The van der Waals surface area contributed by atoms with E-state index in [2.05, 4.69) is 72.0 Å². The molecule has 0 N–H and O–H groups in total. The third kappa shape index (κ3) is 3.03. The number of imidazole rings is 2. The Hall–Kier alpha value is -2.62. The van der Waals surface area contributed by atoms with Crippen molar-refractivity contribution in [2.75, 3.05) is 0 Å². The van der Waals surface area contributed by atoms with Crippen molar-refractivity contribution in [3.63, 3.8) is 0 Å². The van der Waals surface area contributed by atoms with Gasteiger partial charge in [0.05, 0.1) is 17.0 Å². The number of aromatic nitrogens is 4. The Morgan fingerprint density at radius 3 is 2.68 bits per heavy atom. The Labute approximate surface area is 203 Å². The van der Waals surface area contributed by atoms with Gasteiger partial charge in [0.25, 0.3) is 0 Å². The van der Waals surface area contributed by atoms with E-state index in [1.807, 2.05) is 24.9 Å². The smallest absolute Gasteiger partial charge is 0.100 e. The van der Waals surface area contributed by atoms with Crippen LogP contribution in [-0.4, -0.2) is 19.1 Å². The molecule has 4 aliphatic rings. The van der Waals surface area contributed by atoms with Gasteiger partial charge < -0.3 is 9.13 Å². The largest absolute Gasteiger partial charge is 0.334 e. The molecule has 6 rings (SSSR count). The molecule has 6 unspecified atom stereocenters. The standard InChI is InChI=1S/C30H38N4/c1-5-7-27-26(6-2)32-20-34(27)28-11-10-24-23-9-8-21-18-22(33-17-16-31-19-33)12-14-29(21,3)25(23)13-15-30(24,28)4/h5-8,11,16-17,19-20,22-25H,1,9-10,12-15,18H2,2-4H3/b26-6+,27-7+. The maximum absolute atomic E-state index is 4.71. The molecule has 4 nitrogen and oxygen atoms in total. The Morgan fingerprint density at radius 1 is 1.06 bits per heavy atom. The Kier molecular flexibility index (Phi) is 5.13. The van der Waals surface area contributed by atoms with E-state index < -0.39 is 0 Å². The van der Waals surface area contributed by atoms with Crippen LogP contribution in [0.15, 0.2) is 55.4 Å². The van der Waals surface area contributed by atoms with Crippen LogP contribution in [0.2, 0.25) is 0 Å². The summed E-state index contributed by atoms with van der Waals surface area (Å²) in [7, 11) is 0. The molecule has 0 aliphatic heterocycles. The lowest BCUT2D eigenvalue weighted by Crippen LogP contribution is -2.50. The highest BCUT2D eigenvalue weighted by molar-refractivity contribution is 5.58. The van der Waals surface area contributed by atoms with Gasteiger partial charge in [0.15, 0.2) is 0 Å². The van der Waals surface area contributed by atoms with Crippen LogP contribution in [0.3, 0.4) is 0 Å². The van der Waals surface area contributed by atoms with E-state index in [1.54, 1.807) is 5.57 Å². The SMILES string of the molecule is C=C/C=c1\c(=C/C)ncn1C1=CCC2C3CC=C4CC(n5ccnc5)CCC4(C)C3CCC12C. The van der Waals surface area contributed by atoms with Gasteiger partial charge in [0.2, 0.25) is 0 Å². The van der Waals surface area contributed by atoms with Crippen molar-refractivity contribution in [1.82, 2.24) is 19.1 Å². The van der Waals surface area contributed by atoms with E-state index in [0.29, 0.717) is 11.5 Å². The van der Waals surface area contributed by atoms with E-state index in [4.69, 9.17) is 4.98 Å². The van der Waals surface area contributed by atoms with E-state index in [1.165, 1.54) is 56.0 Å². The van der Waals surface area contributed by atoms with Gasteiger partial charge in [-0.05, 0) is 81.1 Å². The summed E-state index contributed by atoms with van der Waals surface area (Å²) < 4.78 is 4.70. The van der Waals surface area contributed by atoms with Crippen molar-refractivity contribution < 1.29 is 0 Å². The third-order valence-electron chi connectivity index (χ3n) is 10.2. The summed E-state index contributed by atoms with van der Waals surface area (Å²) in [5.74, 6) is 2.30. The molecule has 0 aromatic carbocycles. The Bertz CT molecular complexity index is 1280. The first-order valence-corrected chi connectivity index (χ1v) is 13.2. The van der Waals surface area contributed by atoms with Crippen molar-refractivity contribution >= 4 is 17.8 Å². The van der Waals surface area contributed by atoms with Crippen LogP contribution in [0.25, 0.3) is 17.8 Å². The zero-order valence-corrected chi connectivity index (χ0v) is 21.0. The summed E-state index contributed by atoms with van der Waals surface area (Å²) in [5, 5.41) is 2.22. The predicted molar refractivity (Wildman–Crippen MR) is 139 cm³/mol. The minimum atomic E-state index is 0.215. The highest BCUT2D eigenvalue weighted by atomic mass is 15.1. The van der Waals surface area contributed by atoms with Crippen LogP contribution in [0.1, 0.15) is 71.8 Å². The summed E-state index contributed by atoms with van der Waals surface area (Å²) >= 11 is 0. The molecule has 4 heteroatoms. The minimum Gasteiger partial charge on any atom is -0.334 e. The topological polar surface area (TPSA) is 35.6 Å². The zero-order chi connectivity index (χ0) is 23.5. The van der Waals surface area contributed by atoms with Crippen molar-refractivity contribution in [2.24, 2.45) is 28.6 Å². The van der Waals surface area contributed by atoms with Crippen molar-refractivity contribution in [3.8, 4) is 0 Å². The molecular formula is C30H38N4. The van der Waals surface area contributed by atoms with Crippen LogP contribution in [-0.2, 0) is 0 Å². The van der Waals surface area contributed by atoms with Crippen LogP contribution in [0.5, 0.6) is 0 Å². The van der Waals surface area contributed by atoms with Crippen LogP contribution in [0, 0.1) is 28.6 Å². The first-order chi connectivity index (χ1) is 16.5. The van der Waals surface area contributed by atoms with Crippen LogP contribution in [0.4, 0.5) is 0 Å². The molecule has 2 heterocycles. The molecule has 0 radical (unpaired) electrons. The Balaban J connectivity index is 1.31.